The van der Waals surface area contributed by atoms with Gasteiger partial charge in [0.1, 0.15) is 11.2 Å². The van der Waals surface area contributed by atoms with E-state index in [1.54, 1.807) is 10.6 Å². The SMILES string of the molecule is [2H]c1cc([2H])c2c(c1[2H])c1c3c([2H])c([2H])c([2H])c([2H])c3c([2H])c([2H])c1n2-c1ccc(-c2cccc3c2oc2ccccc23)cc1-c1nc(-c2ccccc2)nc(-c2ccccc2)n1. The number of nitrogens with zero attached hydrogens (tertiary/aromatic N) is 4. The van der Waals surface area contributed by atoms with E-state index in [1.165, 1.54) is 6.07 Å². The van der Waals surface area contributed by atoms with Gasteiger partial charge in [-0.15, -0.1) is 0 Å². The van der Waals surface area contributed by atoms with Crippen molar-refractivity contribution in [3.8, 4) is 51.0 Å². The molecule has 5 heteroatoms. The normalized spacial score (nSPS) is 14.0. The van der Waals surface area contributed by atoms with E-state index in [1.807, 2.05) is 115 Å². The van der Waals surface area contributed by atoms with Crippen molar-refractivity contribution in [2.45, 2.75) is 0 Å². The maximum absolute atomic E-state index is 9.58. The first kappa shape index (κ1) is 22.5. The fourth-order valence-corrected chi connectivity index (χ4v) is 7.34. The molecule has 0 aliphatic carbocycles. The number of aromatic nitrogens is 4. The lowest BCUT2D eigenvalue weighted by molar-refractivity contribution is 0.670. The average Bonchev–Trinajstić information content (AvgIpc) is 3.88. The highest BCUT2D eigenvalue weighted by Crippen LogP contribution is 2.42. The quantitative estimate of drug-likeness (QED) is 0.179. The van der Waals surface area contributed by atoms with E-state index in [-0.39, 0.29) is 56.5 Å². The monoisotopic (exact) mass is 699 g/mol. The Kier molecular flexibility index (Phi) is 5.06. The van der Waals surface area contributed by atoms with Crippen molar-refractivity contribution in [1.82, 2.24) is 19.5 Å². The zero-order chi connectivity index (χ0) is 43.4. The van der Waals surface area contributed by atoms with Crippen LogP contribution in [0.4, 0.5) is 0 Å². The summed E-state index contributed by atoms with van der Waals surface area (Å²) in [6.45, 7) is 0. The van der Waals surface area contributed by atoms with Gasteiger partial charge in [0, 0.05) is 43.8 Å². The van der Waals surface area contributed by atoms with Crippen LogP contribution < -0.4 is 0 Å². The number of para-hydroxylation sites is 3. The van der Waals surface area contributed by atoms with Crippen molar-refractivity contribution < 1.29 is 16.8 Å². The molecule has 11 rings (SSSR count). The molecule has 8 aromatic carbocycles. The van der Waals surface area contributed by atoms with Crippen LogP contribution in [0.3, 0.4) is 0 Å². The van der Waals surface area contributed by atoms with Crippen molar-refractivity contribution in [2.75, 3.05) is 0 Å². The van der Waals surface area contributed by atoms with Crippen molar-refractivity contribution in [2.24, 2.45) is 0 Å². The summed E-state index contributed by atoms with van der Waals surface area (Å²) in [5.41, 5.74) is 5.20. The highest BCUT2D eigenvalue weighted by molar-refractivity contribution is 6.21. The van der Waals surface area contributed by atoms with E-state index in [4.69, 9.17) is 26.2 Å². The Bertz CT molecular complexity index is 3680. The van der Waals surface area contributed by atoms with Gasteiger partial charge in [0.25, 0.3) is 0 Å². The number of rotatable bonds is 5. The Morgan fingerprint density at radius 2 is 1.17 bits per heavy atom. The van der Waals surface area contributed by atoms with Gasteiger partial charge < -0.3 is 8.98 Å². The maximum atomic E-state index is 9.58. The lowest BCUT2D eigenvalue weighted by Crippen LogP contribution is -2.04. The number of fused-ring (bicyclic) bond motifs is 8. The van der Waals surface area contributed by atoms with E-state index in [9.17, 15) is 5.48 Å². The largest absolute Gasteiger partial charge is 0.455 e. The number of benzene rings is 8. The molecule has 0 aliphatic heterocycles. The molecule has 0 aliphatic rings. The predicted octanol–water partition coefficient (Wildman–Crippen LogP) is 12.7. The molecule has 0 N–H and O–H groups in total. The summed E-state index contributed by atoms with van der Waals surface area (Å²) in [7, 11) is 0. The average molecular weight is 700 g/mol. The van der Waals surface area contributed by atoms with Crippen molar-refractivity contribution in [3.05, 3.63) is 182 Å². The van der Waals surface area contributed by atoms with E-state index in [0.717, 1.165) is 38.6 Å². The van der Waals surface area contributed by atoms with Gasteiger partial charge in [-0.3, -0.25) is 0 Å². The fourth-order valence-electron chi connectivity index (χ4n) is 7.34. The zero-order valence-corrected chi connectivity index (χ0v) is 28.3. The highest BCUT2D eigenvalue weighted by atomic mass is 16.3. The van der Waals surface area contributed by atoms with Crippen LogP contribution in [-0.4, -0.2) is 19.5 Å². The third kappa shape index (κ3) is 4.76. The molecule has 54 heavy (non-hydrogen) atoms. The second kappa shape index (κ2) is 12.1. The topological polar surface area (TPSA) is 56.7 Å². The Labute approximate surface area is 323 Å². The minimum Gasteiger partial charge on any atom is -0.455 e. The molecule has 3 heterocycles. The van der Waals surface area contributed by atoms with Crippen LogP contribution in [0, 0.1) is 0 Å². The van der Waals surface area contributed by atoms with Gasteiger partial charge in [-0.25, -0.2) is 15.0 Å². The number of hydrogen-bond acceptors (Lipinski definition) is 4. The maximum Gasteiger partial charge on any atom is 0.166 e. The molecule has 252 valence electrons. The molecule has 0 unspecified atom stereocenters. The molecule has 0 fully saturated rings. The van der Waals surface area contributed by atoms with Gasteiger partial charge in [-0.1, -0.05) is 151 Å². The van der Waals surface area contributed by atoms with Crippen LogP contribution in [0.15, 0.2) is 186 Å². The molecular weight excluding hydrogens is 661 g/mol. The standard InChI is InChI=1S/C49H30N4O/c1-3-15-32(16-4-1)47-50-48(33-17-5-2-6-18-33)52-49(51-47)40-30-34(36-22-13-23-38-37-20-10-12-25-44(37)54-46(36)38)27-28-42(40)53-41-24-11-9-21-39(41)45-35-19-8-7-14-31(35)26-29-43(45)53/h1-30H/i7D,8D,9D,14D,19D,21D,24D,26D,29D. The molecule has 11 aromatic rings. The van der Waals surface area contributed by atoms with Gasteiger partial charge in [-0.2, -0.15) is 0 Å². The van der Waals surface area contributed by atoms with Gasteiger partial charge >= 0.3 is 0 Å². The zero-order valence-electron chi connectivity index (χ0n) is 37.3. The van der Waals surface area contributed by atoms with E-state index < -0.39 is 36.3 Å². The molecule has 5 nitrogen and oxygen atoms in total. The summed E-state index contributed by atoms with van der Waals surface area (Å²) >= 11 is 0. The predicted molar refractivity (Wildman–Crippen MR) is 221 cm³/mol. The van der Waals surface area contributed by atoms with Gasteiger partial charge in [0.05, 0.1) is 29.1 Å². The van der Waals surface area contributed by atoms with Crippen LogP contribution in [0.2, 0.25) is 0 Å². The van der Waals surface area contributed by atoms with Crippen molar-refractivity contribution in [1.29, 1.82) is 0 Å². The molecule has 0 saturated carbocycles. The Morgan fingerprint density at radius 3 is 1.98 bits per heavy atom. The highest BCUT2D eigenvalue weighted by Gasteiger charge is 2.22. The van der Waals surface area contributed by atoms with E-state index >= 15 is 0 Å². The minimum absolute atomic E-state index is 0.0224. The summed E-state index contributed by atoms with van der Waals surface area (Å²) in [6, 6.07) is 35.8. The van der Waals surface area contributed by atoms with Crippen LogP contribution in [0.1, 0.15) is 12.3 Å². The van der Waals surface area contributed by atoms with Crippen LogP contribution in [-0.2, 0) is 0 Å². The van der Waals surface area contributed by atoms with Crippen molar-refractivity contribution >= 4 is 54.5 Å². The smallest absolute Gasteiger partial charge is 0.166 e. The van der Waals surface area contributed by atoms with Gasteiger partial charge in [0.15, 0.2) is 17.5 Å². The van der Waals surface area contributed by atoms with Crippen molar-refractivity contribution in [3.63, 3.8) is 0 Å². The third-order valence-corrected chi connectivity index (χ3v) is 9.79. The Balaban J connectivity index is 1.32. The summed E-state index contributed by atoms with van der Waals surface area (Å²) in [5, 5.41) is 1.71. The molecule has 0 amide bonds. The first-order valence-corrected chi connectivity index (χ1v) is 17.4. The summed E-state index contributed by atoms with van der Waals surface area (Å²) in [6.07, 6.45) is 0. The second-order valence-corrected chi connectivity index (χ2v) is 12.9. The minimum atomic E-state index is -0.562. The molecule has 0 bridgehead atoms. The van der Waals surface area contributed by atoms with E-state index in [2.05, 4.69) is 0 Å². The Morgan fingerprint density at radius 1 is 0.463 bits per heavy atom. The summed E-state index contributed by atoms with van der Waals surface area (Å²) < 4.78 is 89.4. The number of furan rings is 1. The van der Waals surface area contributed by atoms with E-state index in [0.29, 0.717) is 28.5 Å². The summed E-state index contributed by atoms with van der Waals surface area (Å²) in [4.78, 5) is 15.1. The second-order valence-electron chi connectivity index (χ2n) is 12.9. The molecule has 0 atom stereocenters. The fraction of sp³-hybridized carbons (Fsp3) is 0. The van der Waals surface area contributed by atoms with Gasteiger partial charge in [-0.05, 0) is 46.6 Å². The van der Waals surface area contributed by atoms with Gasteiger partial charge in [0.2, 0.25) is 0 Å². The first-order chi connectivity index (χ1) is 30.5. The van der Waals surface area contributed by atoms with Crippen LogP contribution >= 0.6 is 0 Å². The lowest BCUT2D eigenvalue weighted by Gasteiger charge is -2.16. The van der Waals surface area contributed by atoms with Crippen LogP contribution in [0.5, 0.6) is 0 Å². The summed E-state index contributed by atoms with van der Waals surface area (Å²) in [5.74, 6) is 0.978. The lowest BCUT2D eigenvalue weighted by atomic mass is 9.98. The Hall–Kier alpha value is -7.37. The third-order valence-electron chi connectivity index (χ3n) is 9.79. The molecule has 0 spiro atoms. The molecular formula is C49H30N4O. The first-order valence-electron chi connectivity index (χ1n) is 21.9. The molecule has 3 aromatic heterocycles. The molecule has 0 radical (unpaired) electrons. The molecule has 0 saturated heterocycles. The number of hydrogen-bond donors (Lipinski definition) is 0. The van der Waals surface area contributed by atoms with Crippen LogP contribution in [0.25, 0.3) is 105 Å².